The van der Waals surface area contributed by atoms with Crippen LogP contribution in [0.5, 0.6) is 0 Å². The van der Waals surface area contributed by atoms with Gasteiger partial charge in [-0.1, -0.05) is 5.16 Å². The number of hydrogen-bond acceptors (Lipinski definition) is 4. The van der Waals surface area contributed by atoms with E-state index in [-0.39, 0.29) is 18.3 Å². The second-order valence-corrected chi connectivity index (χ2v) is 5.71. The molecule has 0 radical (unpaired) electrons. The Hall–Kier alpha value is -1.07. The summed E-state index contributed by atoms with van der Waals surface area (Å²) < 4.78 is 5.27. The summed E-state index contributed by atoms with van der Waals surface area (Å²) in [4.78, 5) is 14.3. The monoisotopic (exact) mass is 299 g/mol. The van der Waals surface area contributed by atoms with Crippen LogP contribution < -0.4 is 5.32 Å². The van der Waals surface area contributed by atoms with E-state index in [1.54, 1.807) is 0 Å². The summed E-state index contributed by atoms with van der Waals surface area (Å²) in [6, 6.07) is 1.84. The van der Waals surface area contributed by atoms with Gasteiger partial charge in [-0.3, -0.25) is 4.79 Å². The van der Waals surface area contributed by atoms with Crippen LogP contribution in [-0.2, 0) is 0 Å². The van der Waals surface area contributed by atoms with Gasteiger partial charge < -0.3 is 14.7 Å². The molecule has 0 aromatic carbocycles. The first-order valence-corrected chi connectivity index (χ1v) is 7.18. The van der Waals surface area contributed by atoms with Gasteiger partial charge in [0.2, 0.25) is 0 Å². The number of hydrogen-bond donors (Lipinski definition) is 1. The zero-order chi connectivity index (χ0) is 13.2. The van der Waals surface area contributed by atoms with Gasteiger partial charge in [-0.2, -0.15) is 0 Å². The molecule has 1 atom stereocenters. The van der Waals surface area contributed by atoms with Gasteiger partial charge in [0, 0.05) is 25.1 Å². The molecule has 1 saturated carbocycles. The molecule has 1 N–H and O–H groups in total. The van der Waals surface area contributed by atoms with E-state index in [4.69, 9.17) is 4.52 Å². The Labute approximate surface area is 125 Å². The number of amides is 1. The molecule has 2 fully saturated rings. The minimum Gasteiger partial charge on any atom is -0.360 e. The Bertz CT molecular complexity index is 457. The van der Waals surface area contributed by atoms with Crippen molar-refractivity contribution < 1.29 is 9.32 Å². The van der Waals surface area contributed by atoms with Crippen molar-refractivity contribution in [3.8, 4) is 0 Å². The standard InChI is InChI=1S/C14H21N3O2.ClH/c1-15-8-10-3-2-6-17(9-10)14(18)12-7-13(19-16-12)11-4-5-11;/h7,10-11,15H,2-6,8-9H2,1H3;1H. The third kappa shape index (κ3) is 3.33. The number of piperidine rings is 1. The highest BCUT2D eigenvalue weighted by Gasteiger charge is 2.31. The lowest BCUT2D eigenvalue weighted by Gasteiger charge is -2.32. The number of carbonyl (C=O) groups is 1. The number of nitrogens with one attached hydrogen (secondary N) is 1. The van der Waals surface area contributed by atoms with E-state index in [0.29, 0.717) is 17.5 Å². The zero-order valence-corrected chi connectivity index (χ0v) is 12.6. The summed E-state index contributed by atoms with van der Waals surface area (Å²) >= 11 is 0. The normalized spacial score (nSPS) is 22.4. The molecule has 1 aliphatic carbocycles. The van der Waals surface area contributed by atoms with Crippen LogP contribution >= 0.6 is 12.4 Å². The SMILES string of the molecule is CNCC1CCCN(C(=O)c2cc(C3CC3)on2)C1.Cl. The van der Waals surface area contributed by atoms with Crippen molar-refractivity contribution in [2.45, 2.75) is 31.6 Å². The highest BCUT2D eigenvalue weighted by molar-refractivity contribution is 5.92. The van der Waals surface area contributed by atoms with E-state index in [1.165, 1.54) is 6.42 Å². The molecule has 6 heteroatoms. The molecule has 1 amide bonds. The predicted octanol–water partition coefficient (Wildman–Crippen LogP) is 2.05. The first-order valence-electron chi connectivity index (χ1n) is 7.18. The van der Waals surface area contributed by atoms with Crippen molar-refractivity contribution in [1.29, 1.82) is 0 Å². The molecular weight excluding hydrogens is 278 g/mol. The van der Waals surface area contributed by atoms with Gasteiger partial charge in [0.1, 0.15) is 5.76 Å². The number of nitrogens with zero attached hydrogens (tertiary/aromatic N) is 2. The largest absolute Gasteiger partial charge is 0.360 e. The summed E-state index contributed by atoms with van der Waals surface area (Å²) in [5, 5.41) is 7.13. The molecule has 1 unspecified atom stereocenters. The molecule has 1 aromatic heterocycles. The van der Waals surface area contributed by atoms with Crippen molar-refractivity contribution in [2.75, 3.05) is 26.7 Å². The molecule has 2 heterocycles. The minimum absolute atomic E-state index is 0. The lowest BCUT2D eigenvalue weighted by Crippen LogP contribution is -2.42. The van der Waals surface area contributed by atoms with Crippen LogP contribution in [0.1, 0.15) is 47.8 Å². The van der Waals surface area contributed by atoms with Crippen molar-refractivity contribution >= 4 is 18.3 Å². The maximum absolute atomic E-state index is 12.4. The maximum atomic E-state index is 12.4. The summed E-state index contributed by atoms with van der Waals surface area (Å²) in [6.07, 6.45) is 4.59. The topological polar surface area (TPSA) is 58.4 Å². The summed E-state index contributed by atoms with van der Waals surface area (Å²) in [5.41, 5.74) is 0.479. The second kappa shape index (κ2) is 6.59. The predicted molar refractivity (Wildman–Crippen MR) is 78.3 cm³/mol. The van der Waals surface area contributed by atoms with E-state index in [0.717, 1.165) is 44.7 Å². The molecule has 5 nitrogen and oxygen atoms in total. The third-order valence-electron chi connectivity index (χ3n) is 4.03. The fraction of sp³-hybridized carbons (Fsp3) is 0.714. The molecule has 1 saturated heterocycles. The van der Waals surface area contributed by atoms with Gasteiger partial charge >= 0.3 is 0 Å². The minimum atomic E-state index is 0. The van der Waals surface area contributed by atoms with E-state index in [2.05, 4.69) is 10.5 Å². The van der Waals surface area contributed by atoms with Crippen LogP contribution in [0.3, 0.4) is 0 Å². The summed E-state index contributed by atoms with van der Waals surface area (Å²) in [5.74, 6) is 1.97. The Morgan fingerprint density at radius 3 is 3.00 bits per heavy atom. The number of aromatic nitrogens is 1. The Balaban J connectivity index is 0.00000147. The molecule has 112 valence electrons. The molecule has 0 spiro atoms. The smallest absolute Gasteiger partial charge is 0.276 e. The highest BCUT2D eigenvalue weighted by atomic mass is 35.5. The Morgan fingerprint density at radius 2 is 2.30 bits per heavy atom. The van der Waals surface area contributed by atoms with Crippen LogP contribution in [-0.4, -0.2) is 42.6 Å². The number of carbonyl (C=O) groups excluding carboxylic acids is 1. The van der Waals surface area contributed by atoms with Crippen molar-refractivity contribution in [3.63, 3.8) is 0 Å². The van der Waals surface area contributed by atoms with Crippen molar-refractivity contribution in [2.24, 2.45) is 5.92 Å². The fourth-order valence-corrected chi connectivity index (χ4v) is 2.82. The average molecular weight is 300 g/mol. The van der Waals surface area contributed by atoms with Gasteiger partial charge in [-0.15, -0.1) is 12.4 Å². The van der Waals surface area contributed by atoms with E-state index < -0.39 is 0 Å². The number of likely N-dealkylation sites (tertiary alicyclic amines) is 1. The van der Waals surface area contributed by atoms with Crippen molar-refractivity contribution in [3.05, 3.63) is 17.5 Å². The van der Waals surface area contributed by atoms with Gasteiger partial charge in [-0.05, 0) is 45.2 Å². The lowest BCUT2D eigenvalue weighted by atomic mass is 9.98. The van der Waals surface area contributed by atoms with Gasteiger partial charge in [0.05, 0.1) is 0 Å². The third-order valence-corrected chi connectivity index (χ3v) is 4.03. The molecule has 3 rings (SSSR count). The lowest BCUT2D eigenvalue weighted by molar-refractivity contribution is 0.0663. The van der Waals surface area contributed by atoms with Crippen LogP contribution in [0.4, 0.5) is 0 Å². The maximum Gasteiger partial charge on any atom is 0.276 e. The van der Waals surface area contributed by atoms with Crippen LogP contribution in [0.2, 0.25) is 0 Å². The number of halogens is 1. The van der Waals surface area contributed by atoms with Gasteiger partial charge in [-0.25, -0.2) is 0 Å². The molecule has 1 aliphatic heterocycles. The number of rotatable bonds is 4. The quantitative estimate of drug-likeness (QED) is 0.924. The Morgan fingerprint density at radius 1 is 1.50 bits per heavy atom. The van der Waals surface area contributed by atoms with Crippen molar-refractivity contribution in [1.82, 2.24) is 15.4 Å². The summed E-state index contributed by atoms with van der Waals surface area (Å²) in [6.45, 7) is 2.63. The van der Waals surface area contributed by atoms with E-state index in [1.807, 2.05) is 18.0 Å². The molecule has 1 aromatic rings. The second-order valence-electron chi connectivity index (χ2n) is 5.71. The zero-order valence-electron chi connectivity index (χ0n) is 11.8. The van der Waals surface area contributed by atoms with Crippen LogP contribution in [0.15, 0.2) is 10.6 Å². The average Bonchev–Trinajstić information content (AvgIpc) is 3.17. The first kappa shape index (κ1) is 15.3. The molecular formula is C14H22ClN3O2. The van der Waals surface area contributed by atoms with Gasteiger partial charge in [0.15, 0.2) is 5.69 Å². The van der Waals surface area contributed by atoms with E-state index >= 15 is 0 Å². The fourth-order valence-electron chi connectivity index (χ4n) is 2.82. The molecule has 0 bridgehead atoms. The summed E-state index contributed by atoms with van der Waals surface area (Å²) in [7, 11) is 1.96. The molecule has 20 heavy (non-hydrogen) atoms. The molecule has 2 aliphatic rings. The van der Waals surface area contributed by atoms with Crippen LogP contribution in [0, 0.1) is 5.92 Å². The first-order chi connectivity index (χ1) is 9.28. The highest BCUT2D eigenvalue weighted by Crippen LogP contribution is 2.40. The Kier molecular flexibility index (Phi) is 5.05. The van der Waals surface area contributed by atoms with Gasteiger partial charge in [0.25, 0.3) is 5.91 Å². The van der Waals surface area contributed by atoms with Crippen LogP contribution in [0.25, 0.3) is 0 Å². The van der Waals surface area contributed by atoms with E-state index in [9.17, 15) is 4.79 Å².